The second-order valence-corrected chi connectivity index (χ2v) is 25.6. The van der Waals surface area contributed by atoms with Crippen LogP contribution in [0.15, 0.2) is 0 Å². The second-order valence-electron chi connectivity index (χ2n) is 2.06. The molecule has 0 N–H and O–H groups in total. The van der Waals surface area contributed by atoms with Gasteiger partial charge < -0.3 is 4.74 Å². The Balaban J connectivity index is 3.22. The SMILES string of the molecule is CC(=O)OCCC[Si](Br)(Br)Br. The Morgan fingerprint density at radius 1 is 1.45 bits per heavy atom. The standard InChI is InChI=1S/C5H9Br3O2Si/c1-5(9)10-3-2-4-11(6,7)8/h2-4H2,1H3. The van der Waals surface area contributed by atoms with E-state index in [9.17, 15) is 4.79 Å². The van der Waals surface area contributed by atoms with Crippen LogP contribution in [0.4, 0.5) is 0 Å². The van der Waals surface area contributed by atoms with Crippen LogP contribution >= 0.6 is 45.9 Å². The van der Waals surface area contributed by atoms with Crippen LogP contribution in [0.25, 0.3) is 0 Å². The average Bonchev–Trinajstić information content (AvgIpc) is 1.78. The molecular formula is C5H9Br3O2Si. The predicted octanol–water partition coefficient (Wildman–Crippen LogP) is 3.06. The number of halogens is 3. The first kappa shape index (κ1) is 12.1. The summed E-state index contributed by atoms with van der Waals surface area (Å²) in [7, 11) is 0. The molecule has 2 nitrogen and oxygen atoms in total. The fourth-order valence-corrected chi connectivity index (χ4v) is 3.56. The summed E-state index contributed by atoms with van der Waals surface area (Å²) in [5, 5.41) is 0. The second kappa shape index (κ2) is 5.72. The molecule has 0 aliphatic heterocycles. The smallest absolute Gasteiger partial charge is 0.302 e. The van der Waals surface area contributed by atoms with E-state index >= 15 is 0 Å². The lowest BCUT2D eigenvalue weighted by Gasteiger charge is -2.07. The Labute approximate surface area is 90.8 Å². The van der Waals surface area contributed by atoms with Gasteiger partial charge in [0, 0.05) is 6.92 Å². The summed E-state index contributed by atoms with van der Waals surface area (Å²) in [5.74, 6) is -0.212. The molecule has 0 radical (unpaired) electrons. The summed E-state index contributed by atoms with van der Waals surface area (Å²) in [6.45, 7) is 1.92. The molecule has 0 saturated carbocycles. The van der Waals surface area contributed by atoms with Crippen molar-refractivity contribution < 1.29 is 9.53 Å². The maximum absolute atomic E-state index is 10.3. The fraction of sp³-hybridized carbons (Fsp3) is 0.800. The Hall–Kier alpha value is 1.13. The first-order valence-electron chi connectivity index (χ1n) is 3.12. The van der Waals surface area contributed by atoms with Gasteiger partial charge >= 0.3 is 5.97 Å². The highest BCUT2D eigenvalue weighted by atomic mass is 80.0. The van der Waals surface area contributed by atoms with Crippen LogP contribution in [0, 0.1) is 0 Å². The number of ether oxygens (including phenoxy) is 1. The highest BCUT2D eigenvalue weighted by molar-refractivity contribution is 9.72. The summed E-state index contributed by atoms with van der Waals surface area (Å²) in [6, 6.07) is 0.986. The zero-order chi connectivity index (χ0) is 8.91. The summed E-state index contributed by atoms with van der Waals surface area (Å²) in [4.78, 5) is 10.3. The van der Waals surface area contributed by atoms with Crippen molar-refractivity contribution in [1.29, 1.82) is 0 Å². The van der Waals surface area contributed by atoms with Gasteiger partial charge in [-0.1, -0.05) is 45.9 Å². The minimum atomic E-state index is -1.48. The molecule has 6 heteroatoms. The van der Waals surface area contributed by atoms with Crippen LogP contribution in [0.5, 0.6) is 0 Å². The van der Waals surface area contributed by atoms with E-state index in [0.717, 1.165) is 12.5 Å². The van der Waals surface area contributed by atoms with Crippen molar-refractivity contribution in [3.63, 3.8) is 0 Å². The van der Waals surface area contributed by atoms with E-state index in [2.05, 4.69) is 45.9 Å². The van der Waals surface area contributed by atoms with Crippen molar-refractivity contribution in [2.24, 2.45) is 0 Å². The largest absolute Gasteiger partial charge is 0.466 e. The van der Waals surface area contributed by atoms with E-state index in [-0.39, 0.29) is 5.97 Å². The zero-order valence-electron chi connectivity index (χ0n) is 6.07. The van der Waals surface area contributed by atoms with Crippen molar-refractivity contribution in [3.8, 4) is 0 Å². The van der Waals surface area contributed by atoms with Crippen LogP contribution in [0.2, 0.25) is 6.04 Å². The monoisotopic (exact) mass is 366 g/mol. The molecule has 0 aliphatic carbocycles. The number of rotatable bonds is 4. The number of hydrogen-bond donors (Lipinski definition) is 0. The molecule has 0 spiro atoms. The summed E-state index contributed by atoms with van der Waals surface area (Å²) >= 11 is 10.4. The molecule has 0 amide bonds. The molecule has 11 heavy (non-hydrogen) atoms. The molecule has 0 fully saturated rings. The van der Waals surface area contributed by atoms with Gasteiger partial charge in [-0.05, 0) is 12.5 Å². The lowest BCUT2D eigenvalue weighted by molar-refractivity contribution is -0.140. The van der Waals surface area contributed by atoms with Gasteiger partial charge in [0.1, 0.15) is 0 Å². The van der Waals surface area contributed by atoms with Crippen LogP contribution in [0.3, 0.4) is 0 Å². The van der Waals surface area contributed by atoms with Crippen molar-refractivity contribution in [2.45, 2.75) is 19.4 Å². The van der Waals surface area contributed by atoms with Gasteiger partial charge in [-0.15, -0.1) is 0 Å². The fourth-order valence-electron chi connectivity index (χ4n) is 0.489. The third-order valence-corrected chi connectivity index (χ3v) is 5.40. The van der Waals surface area contributed by atoms with Crippen molar-refractivity contribution >= 4 is 55.8 Å². The first-order chi connectivity index (χ1) is 4.92. The predicted molar refractivity (Wildman–Crippen MR) is 58.6 cm³/mol. The Kier molecular flexibility index (Phi) is 6.30. The number of carbonyl (C=O) groups is 1. The van der Waals surface area contributed by atoms with Crippen molar-refractivity contribution in [3.05, 3.63) is 0 Å². The minimum Gasteiger partial charge on any atom is -0.466 e. The third kappa shape index (κ3) is 11.1. The van der Waals surface area contributed by atoms with Gasteiger partial charge in [0.2, 0.25) is 0 Å². The third-order valence-electron chi connectivity index (χ3n) is 0.910. The number of esters is 1. The van der Waals surface area contributed by atoms with Gasteiger partial charge in [0.25, 0.3) is 3.93 Å². The van der Waals surface area contributed by atoms with Crippen molar-refractivity contribution in [1.82, 2.24) is 0 Å². The number of hydrogen-bond acceptors (Lipinski definition) is 2. The summed E-state index contributed by atoms with van der Waals surface area (Å²) < 4.78 is 3.28. The van der Waals surface area contributed by atoms with E-state index in [0.29, 0.717) is 6.61 Å². The normalized spacial score (nSPS) is 11.3. The molecule has 0 bridgehead atoms. The molecule has 0 aromatic rings. The lowest BCUT2D eigenvalue weighted by atomic mass is 10.5. The highest BCUT2D eigenvalue weighted by Gasteiger charge is 2.20. The molecular weight excluding hydrogens is 360 g/mol. The Morgan fingerprint density at radius 2 is 2.00 bits per heavy atom. The minimum absolute atomic E-state index is 0.212. The molecule has 0 aromatic carbocycles. The van der Waals surface area contributed by atoms with E-state index in [4.69, 9.17) is 4.74 Å². The molecule has 0 aromatic heterocycles. The molecule has 0 rings (SSSR count). The van der Waals surface area contributed by atoms with E-state index in [1.165, 1.54) is 6.92 Å². The quantitative estimate of drug-likeness (QED) is 0.330. The molecule has 66 valence electrons. The zero-order valence-corrected chi connectivity index (χ0v) is 11.8. The average molecular weight is 369 g/mol. The first-order valence-corrected chi connectivity index (χ1v) is 12.1. The van der Waals surface area contributed by atoms with Crippen molar-refractivity contribution in [2.75, 3.05) is 6.61 Å². The van der Waals surface area contributed by atoms with Gasteiger partial charge in [-0.3, -0.25) is 4.79 Å². The van der Waals surface area contributed by atoms with Gasteiger partial charge in [0.15, 0.2) is 0 Å². The lowest BCUT2D eigenvalue weighted by Crippen LogP contribution is -2.08. The Bertz CT molecular complexity index is 134. The summed E-state index contributed by atoms with van der Waals surface area (Å²) in [6.07, 6.45) is 0.882. The molecule has 0 heterocycles. The van der Waals surface area contributed by atoms with Gasteiger partial charge in [-0.2, -0.15) is 0 Å². The number of carbonyl (C=O) groups excluding carboxylic acids is 1. The molecule has 0 unspecified atom stereocenters. The topological polar surface area (TPSA) is 26.3 Å². The Morgan fingerprint density at radius 3 is 2.36 bits per heavy atom. The van der Waals surface area contributed by atoms with E-state index in [1.807, 2.05) is 0 Å². The van der Waals surface area contributed by atoms with Gasteiger partial charge in [0.05, 0.1) is 6.61 Å². The maximum Gasteiger partial charge on any atom is 0.302 e. The molecule has 0 saturated heterocycles. The highest BCUT2D eigenvalue weighted by Crippen LogP contribution is 2.32. The summed E-state index contributed by atoms with van der Waals surface area (Å²) in [5.41, 5.74) is 0. The van der Waals surface area contributed by atoms with Crippen LogP contribution in [0.1, 0.15) is 13.3 Å². The van der Waals surface area contributed by atoms with Crippen LogP contribution in [-0.2, 0) is 9.53 Å². The van der Waals surface area contributed by atoms with Crippen LogP contribution in [-0.4, -0.2) is 16.5 Å². The molecule has 0 aliphatic rings. The van der Waals surface area contributed by atoms with E-state index in [1.54, 1.807) is 0 Å². The molecule has 0 atom stereocenters. The maximum atomic E-state index is 10.3. The van der Waals surface area contributed by atoms with Crippen LogP contribution < -0.4 is 0 Å². The van der Waals surface area contributed by atoms with E-state index < -0.39 is 3.93 Å². The van der Waals surface area contributed by atoms with Gasteiger partial charge in [-0.25, -0.2) is 0 Å².